The zero-order valence-corrected chi connectivity index (χ0v) is 20.7. The van der Waals surface area contributed by atoms with Gasteiger partial charge in [0.05, 0.1) is 11.9 Å². The number of amides is 2. The largest absolute Gasteiger partial charge is 0.339 e. The third kappa shape index (κ3) is 4.87. The van der Waals surface area contributed by atoms with Crippen molar-refractivity contribution >= 4 is 17.6 Å². The minimum absolute atomic E-state index is 0.0322. The molecule has 2 aliphatic carbocycles. The van der Waals surface area contributed by atoms with Crippen LogP contribution in [0.3, 0.4) is 0 Å². The van der Waals surface area contributed by atoms with Crippen molar-refractivity contribution < 1.29 is 14.0 Å². The van der Waals surface area contributed by atoms with Gasteiger partial charge in [-0.05, 0) is 75.8 Å². The Labute approximate surface area is 208 Å². The van der Waals surface area contributed by atoms with Crippen LogP contribution in [0.2, 0.25) is 0 Å². The van der Waals surface area contributed by atoms with Crippen LogP contribution in [0.4, 0.5) is 10.2 Å². The molecule has 190 valence electrons. The van der Waals surface area contributed by atoms with Gasteiger partial charge in [0.1, 0.15) is 17.6 Å². The number of aromatic nitrogens is 6. The van der Waals surface area contributed by atoms with Gasteiger partial charge in [0.2, 0.25) is 11.9 Å². The van der Waals surface area contributed by atoms with Crippen molar-refractivity contribution in [3.63, 3.8) is 0 Å². The number of carbonyl (C=O) groups excluding carboxylic acids is 2. The van der Waals surface area contributed by atoms with E-state index in [2.05, 4.69) is 36.1 Å². The zero-order valence-electron chi connectivity index (χ0n) is 20.7. The lowest BCUT2D eigenvalue weighted by Crippen LogP contribution is -2.50. The van der Waals surface area contributed by atoms with Crippen LogP contribution in [-0.4, -0.2) is 48.0 Å². The Hall–Kier alpha value is -3.63. The Kier molecular flexibility index (Phi) is 6.55. The highest BCUT2D eigenvalue weighted by atomic mass is 19.1. The van der Waals surface area contributed by atoms with Gasteiger partial charge in [0, 0.05) is 23.4 Å². The maximum atomic E-state index is 15.0. The van der Waals surface area contributed by atoms with Gasteiger partial charge in [0.25, 0.3) is 5.91 Å². The Morgan fingerprint density at radius 1 is 1.19 bits per heavy atom. The molecule has 0 aromatic carbocycles. The molecule has 3 heterocycles. The summed E-state index contributed by atoms with van der Waals surface area (Å²) in [4.78, 5) is 30.7. The number of nitrogens with zero attached hydrogens (tertiary/aromatic N) is 5. The number of hydrogen-bond donors (Lipinski definition) is 3. The maximum Gasteiger partial charge on any atom is 0.271 e. The fraction of sp³-hybridized carbons (Fsp3) is 0.520. The van der Waals surface area contributed by atoms with Crippen LogP contribution in [0.25, 0.3) is 11.1 Å². The van der Waals surface area contributed by atoms with E-state index in [4.69, 9.17) is 0 Å². The number of carbonyl (C=O) groups is 2. The predicted octanol–water partition coefficient (Wildman–Crippen LogP) is 3.40. The number of anilines is 1. The fourth-order valence-corrected chi connectivity index (χ4v) is 5.10. The van der Waals surface area contributed by atoms with Gasteiger partial charge in [-0.25, -0.2) is 9.67 Å². The number of H-pyrrole nitrogens is 1. The molecule has 0 bridgehead atoms. The minimum Gasteiger partial charge on any atom is -0.339 e. The summed E-state index contributed by atoms with van der Waals surface area (Å²) in [5.41, 5.74) is 2.69. The SMILES string of the molecule is CCCn1nncc1C(=O)N[C@H](C(=O)Nc1ccc(-c2c(C)n[nH]c2C)c(F)n1)C(C1CC1)C1CC1. The highest BCUT2D eigenvalue weighted by molar-refractivity contribution is 6.00. The summed E-state index contributed by atoms with van der Waals surface area (Å²) in [7, 11) is 0. The number of aromatic amines is 1. The number of pyridine rings is 1. The molecule has 36 heavy (non-hydrogen) atoms. The topological polar surface area (TPSA) is 130 Å². The molecule has 3 aromatic heterocycles. The summed E-state index contributed by atoms with van der Waals surface area (Å²) in [6.07, 6.45) is 6.38. The summed E-state index contributed by atoms with van der Waals surface area (Å²) in [6, 6.07) is 2.40. The molecule has 3 aromatic rings. The van der Waals surface area contributed by atoms with Crippen molar-refractivity contribution in [2.45, 2.75) is 65.5 Å². The number of aryl methyl sites for hydroxylation is 3. The number of nitrogens with one attached hydrogen (secondary N) is 3. The molecule has 0 unspecified atom stereocenters. The van der Waals surface area contributed by atoms with Crippen LogP contribution >= 0.6 is 0 Å². The molecule has 0 radical (unpaired) electrons. The molecule has 5 rings (SSSR count). The van der Waals surface area contributed by atoms with E-state index in [-0.39, 0.29) is 17.6 Å². The lowest BCUT2D eigenvalue weighted by atomic mass is 9.88. The molecule has 3 N–H and O–H groups in total. The van der Waals surface area contributed by atoms with Crippen LogP contribution in [0, 0.1) is 37.5 Å². The smallest absolute Gasteiger partial charge is 0.271 e. The Morgan fingerprint density at radius 2 is 1.92 bits per heavy atom. The average Bonchev–Trinajstić information content (AvgIpc) is 3.78. The van der Waals surface area contributed by atoms with Crippen molar-refractivity contribution in [1.29, 1.82) is 0 Å². The predicted molar refractivity (Wildman–Crippen MR) is 130 cm³/mol. The summed E-state index contributed by atoms with van der Waals surface area (Å²) >= 11 is 0. The quantitative estimate of drug-likeness (QED) is 0.370. The van der Waals surface area contributed by atoms with Crippen LogP contribution in [0.15, 0.2) is 18.3 Å². The first-order chi connectivity index (χ1) is 17.4. The van der Waals surface area contributed by atoms with E-state index < -0.39 is 17.9 Å². The lowest BCUT2D eigenvalue weighted by Gasteiger charge is -2.27. The summed E-state index contributed by atoms with van der Waals surface area (Å²) in [5.74, 6) is -0.557. The van der Waals surface area contributed by atoms with Gasteiger partial charge in [-0.3, -0.25) is 14.7 Å². The number of rotatable bonds is 10. The van der Waals surface area contributed by atoms with Crippen LogP contribution in [0.1, 0.15) is 60.9 Å². The first-order valence-corrected chi connectivity index (χ1v) is 12.6. The Bertz CT molecular complexity index is 1250. The maximum absolute atomic E-state index is 15.0. The second-order valence-electron chi connectivity index (χ2n) is 9.88. The Morgan fingerprint density at radius 3 is 2.50 bits per heavy atom. The van der Waals surface area contributed by atoms with Gasteiger partial charge in [-0.1, -0.05) is 12.1 Å². The molecule has 1 atom stereocenters. The number of halogens is 1. The second kappa shape index (κ2) is 9.79. The lowest BCUT2D eigenvalue weighted by molar-refractivity contribution is -0.119. The molecule has 10 nitrogen and oxygen atoms in total. The van der Waals surface area contributed by atoms with E-state index in [0.717, 1.165) is 37.8 Å². The molecule has 2 saturated carbocycles. The van der Waals surface area contributed by atoms with Crippen LogP contribution in [0.5, 0.6) is 0 Å². The zero-order chi connectivity index (χ0) is 25.4. The van der Waals surface area contributed by atoms with Crippen molar-refractivity contribution in [2.75, 3.05) is 5.32 Å². The van der Waals surface area contributed by atoms with Gasteiger partial charge < -0.3 is 10.6 Å². The molecule has 11 heteroatoms. The minimum atomic E-state index is -0.759. The molecule has 0 spiro atoms. The third-order valence-electron chi connectivity index (χ3n) is 7.07. The highest BCUT2D eigenvalue weighted by Crippen LogP contribution is 2.51. The standard InChI is InChI=1S/C25H31FN8O2/c1-4-11-34-18(12-27-33-34)24(35)30-22(21(15-5-6-15)16-7-8-16)25(36)29-19-10-9-17(23(26)28-19)20-13(2)31-32-14(20)3/h9-10,12,15-16,21-22H,4-8,11H2,1-3H3,(H,30,35)(H,31,32)(H,28,29,36)/t22-/m0/s1. The monoisotopic (exact) mass is 494 g/mol. The van der Waals surface area contributed by atoms with Gasteiger partial charge >= 0.3 is 0 Å². The summed E-state index contributed by atoms with van der Waals surface area (Å²) < 4.78 is 16.5. The van der Waals surface area contributed by atoms with Gasteiger partial charge in [-0.15, -0.1) is 5.10 Å². The van der Waals surface area contributed by atoms with Gasteiger partial charge in [0.15, 0.2) is 0 Å². The molecule has 2 fully saturated rings. The van der Waals surface area contributed by atoms with Crippen LogP contribution < -0.4 is 10.6 Å². The summed E-state index contributed by atoms with van der Waals surface area (Å²) in [6.45, 7) is 6.15. The highest BCUT2D eigenvalue weighted by Gasteiger charge is 2.48. The first kappa shape index (κ1) is 24.1. The van der Waals surface area contributed by atoms with Crippen molar-refractivity contribution in [1.82, 2.24) is 35.5 Å². The average molecular weight is 495 g/mol. The first-order valence-electron chi connectivity index (χ1n) is 12.6. The molecule has 0 aliphatic heterocycles. The van der Waals surface area contributed by atoms with E-state index in [1.54, 1.807) is 23.7 Å². The Balaban J connectivity index is 1.38. The van der Waals surface area contributed by atoms with E-state index in [1.807, 2.05) is 13.8 Å². The van der Waals surface area contributed by atoms with Gasteiger partial charge in [-0.2, -0.15) is 9.49 Å². The van der Waals surface area contributed by atoms with Crippen molar-refractivity contribution in [2.24, 2.45) is 17.8 Å². The fourth-order valence-electron chi connectivity index (χ4n) is 5.10. The van der Waals surface area contributed by atoms with Crippen LogP contribution in [-0.2, 0) is 11.3 Å². The van der Waals surface area contributed by atoms with E-state index in [0.29, 0.717) is 40.9 Å². The molecular weight excluding hydrogens is 463 g/mol. The molecule has 2 aliphatic rings. The second-order valence-corrected chi connectivity index (χ2v) is 9.88. The normalized spacial score (nSPS) is 16.2. The molecular formula is C25H31FN8O2. The third-order valence-corrected chi connectivity index (χ3v) is 7.07. The van der Waals surface area contributed by atoms with E-state index in [9.17, 15) is 14.0 Å². The number of hydrogen-bond acceptors (Lipinski definition) is 6. The summed E-state index contributed by atoms with van der Waals surface area (Å²) in [5, 5.41) is 20.5. The van der Waals surface area contributed by atoms with Crippen molar-refractivity contribution in [3.8, 4) is 11.1 Å². The van der Waals surface area contributed by atoms with Crippen molar-refractivity contribution in [3.05, 3.63) is 41.4 Å². The molecule has 2 amide bonds. The molecule has 0 saturated heterocycles. The van der Waals surface area contributed by atoms with E-state index >= 15 is 0 Å². The van der Waals surface area contributed by atoms with E-state index in [1.165, 1.54) is 6.20 Å².